The van der Waals surface area contributed by atoms with E-state index in [-0.39, 0.29) is 29.3 Å². The quantitative estimate of drug-likeness (QED) is 0.452. The summed E-state index contributed by atoms with van der Waals surface area (Å²) < 4.78 is 20.9. The van der Waals surface area contributed by atoms with Gasteiger partial charge in [0.15, 0.2) is 17.3 Å². The number of anilines is 4. The molecular formula is C29H43FN8O2. The number of benzene rings is 1. The van der Waals surface area contributed by atoms with E-state index >= 15 is 4.39 Å². The minimum absolute atomic E-state index is 0.0265. The zero-order valence-corrected chi connectivity index (χ0v) is 24.0. The normalized spacial score (nSPS) is 20.2. The van der Waals surface area contributed by atoms with Gasteiger partial charge in [0.05, 0.1) is 11.4 Å². The van der Waals surface area contributed by atoms with Crippen molar-refractivity contribution in [1.29, 1.82) is 0 Å². The molecule has 0 aliphatic carbocycles. The summed E-state index contributed by atoms with van der Waals surface area (Å²) in [6, 6.07) is 5.89. The summed E-state index contributed by atoms with van der Waals surface area (Å²) in [5.41, 5.74) is 7.47. The Balaban J connectivity index is 1.30. The van der Waals surface area contributed by atoms with Gasteiger partial charge in [0, 0.05) is 57.2 Å². The molecule has 3 aliphatic rings. The molecule has 1 amide bonds. The Kier molecular flexibility index (Phi) is 9.02. The van der Waals surface area contributed by atoms with Crippen molar-refractivity contribution in [3.63, 3.8) is 0 Å². The monoisotopic (exact) mass is 554 g/mol. The molecule has 3 aliphatic heterocycles. The number of piperidine rings is 1. The number of carbonyl (C=O) groups is 1. The fraction of sp³-hybridized carbons (Fsp3) is 0.621. The predicted molar refractivity (Wildman–Crippen MR) is 156 cm³/mol. The Morgan fingerprint density at radius 1 is 1.02 bits per heavy atom. The van der Waals surface area contributed by atoms with Crippen LogP contribution in [-0.2, 0) is 4.74 Å². The number of halogens is 1. The molecule has 4 N–H and O–H groups in total. The van der Waals surface area contributed by atoms with Crippen molar-refractivity contribution >= 4 is 28.9 Å². The average Bonchev–Trinajstić information content (AvgIpc) is 2.94. The highest BCUT2D eigenvalue weighted by Crippen LogP contribution is 2.30. The van der Waals surface area contributed by atoms with Crippen molar-refractivity contribution in [3.05, 3.63) is 35.4 Å². The van der Waals surface area contributed by atoms with Crippen molar-refractivity contribution in [2.45, 2.75) is 57.5 Å². The van der Waals surface area contributed by atoms with Gasteiger partial charge in [0.1, 0.15) is 5.82 Å². The summed E-state index contributed by atoms with van der Waals surface area (Å²) in [5, 5.41) is 6.60. The second-order valence-electron chi connectivity index (χ2n) is 11.6. The van der Waals surface area contributed by atoms with Gasteiger partial charge in [-0.3, -0.25) is 9.69 Å². The molecule has 11 heteroatoms. The number of carbonyl (C=O) groups excluding carboxylic acids is 1. The van der Waals surface area contributed by atoms with Crippen molar-refractivity contribution in [2.75, 3.05) is 75.1 Å². The van der Waals surface area contributed by atoms with Crippen LogP contribution < -0.4 is 21.3 Å². The smallest absolute Gasteiger partial charge is 0.271 e. The Hall–Kier alpha value is -3.02. The number of likely N-dealkylation sites (tertiary alicyclic amines) is 1. The van der Waals surface area contributed by atoms with Crippen molar-refractivity contribution < 1.29 is 13.9 Å². The molecule has 0 spiro atoms. The second-order valence-corrected chi connectivity index (χ2v) is 11.6. The van der Waals surface area contributed by atoms with Crippen LogP contribution in [0.25, 0.3) is 0 Å². The Bertz CT molecular complexity index is 1170. The number of nitrogens with two attached hydrogens (primary N) is 1. The van der Waals surface area contributed by atoms with Crippen LogP contribution in [0.5, 0.6) is 0 Å². The number of amides is 1. The maximum Gasteiger partial charge on any atom is 0.271 e. The highest BCUT2D eigenvalue weighted by Gasteiger charge is 2.28. The van der Waals surface area contributed by atoms with E-state index in [1.807, 2.05) is 19.9 Å². The molecule has 3 fully saturated rings. The van der Waals surface area contributed by atoms with E-state index < -0.39 is 5.91 Å². The van der Waals surface area contributed by atoms with E-state index in [1.54, 1.807) is 6.07 Å². The first-order valence-corrected chi connectivity index (χ1v) is 14.6. The number of hydrogen-bond donors (Lipinski definition) is 3. The van der Waals surface area contributed by atoms with Gasteiger partial charge in [0.2, 0.25) is 0 Å². The lowest BCUT2D eigenvalue weighted by Gasteiger charge is -2.42. The van der Waals surface area contributed by atoms with Crippen LogP contribution in [0, 0.1) is 5.82 Å². The molecule has 10 nitrogen and oxygen atoms in total. The number of nitrogens with zero attached hydrogens (tertiary/aromatic N) is 5. The maximum atomic E-state index is 15.4. The number of ether oxygens (including phenoxy) is 1. The molecule has 40 heavy (non-hydrogen) atoms. The Labute approximate surface area is 236 Å². The SMILES string of the molecule is CC(C)c1nc(C(N)=O)c(Nc2ccc(N3CCN(C4CCN(C)CC4)CC3)c(F)c2)nc1NC1CCOCC1. The van der Waals surface area contributed by atoms with E-state index in [4.69, 9.17) is 15.5 Å². The van der Waals surface area contributed by atoms with Crippen LogP contribution in [0.3, 0.4) is 0 Å². The van der Waals surface area contributed by atoms with E-state index in [0.29, 0.717) is 42.1 Å². The molecule has 4 heterocycles. The molecule has 1 aromatic carbocycles. The van der Waals surface area contributed by atoms with Crippen LogP contribution in [0.2, 0.25) is 0 Å². The number of nitrogens with one attached hydrogen (secondary N) is 2. The van der Waals surface area contributed by atoms with E-state index in [1.165, 1.54) is 18.9 Å². The lowest BCUT2D eigenvalue weighted by Crippen LogP contribution is -2.53. The van der Waals surface area contributed by atoms with Crippen LogP contribution in [0.15, 0.2) is 18.2 Å². The molecule has 0 radical (unpaired) electrons. The Morgan fingerprint density at radius 3 is 2.35 bits per heavy atom. The van der Waals surface area contributed by atoms with Crippen LogP contribution in [0.1, 0.15) is 61.6 Å². The molecular weight excluding hydrogens is 511 g/mol. The van der Waals surface area contributed by atoms with E-state index in [9.17, 15) is 4.79 Å². The minimum Gasteiger partial charge on any atom is -0.381 e. The average molecular weight is 555 g/mol. The number of hydrogen-bond acceptors (Lipinski definition) is 9. The summed E-state index contributed by atoms with van der Waals surface area (Å²) in [5.74, 6) is -0.155. The fourth-order valence-electron chi connectivity index (χ4n) is 5.92. The van der Waals surface area contributed by atoms with Crippen molar-refractivity contribution in [3.8, 4) is 0 Å². The molecule has 0 bridgehead atoms. The first kappa shape index (κ1) is 28.5. The molecule has 2 aromatic rings. The van der Waals surface area contributed by atoms with Crippen LogP contribution in [-0.4, -0.2) is 97.3 Å². The second kappa shape index (κ2) is 12.7. The lowest BCUT2D eigenvalue weighted by molar-refractivity contribution is 0.0903. The summed E-state index contributed by atoms with van der Waals surface area (Å²) >= 11 is 0. The van der Waals surface area contributed by atoms with Gasteiger partial charge < -0.3 is 30.9 Å². The van der Waals surface area contributed by atoms with E-state index in [0.717, 1.165) is 52.1 Å². The molecule has 0 atom stereocenters. The topological polar surface area (TPSA) is 112 Å². The highest BCUT2D eigenvalue weighted by molar-refractivity contribution is 5.96. The van der Waals surface area contributed by atoms with Crippen LogP contribution >= 0.6 is 0 Å². The molecule has 0 saturated carbocycles. The number of aromatic nitrogens is 2. The summed E-state index contributed by atoms with van der Waals surface area (Å²) in [6.07, 6.45) is 4.12. The standard InChI is InChI=1S/C29H43FN8O2/c1-19(2)25-28(32-20-8-16-40-17-9-20)35-29(26(34-25)27(31)39)33-21-4-5-24(23(30)18-21)38-14-12-37(13-15-38)22-6-10-36(3)11-7-22/h4-5,18-20,22H,6-17H2,1-3H3,(H2,31,39)(H2,32,33,35). The predicted octanol–water partition coefficient (Wildman–Crippen LogP) is 3.39. The number of rotatable bonds is 8. The molecule has 5 rings (SSSR count). The van der Waals surface area contributed by atoms with Gasteiger partial charge in [-0.2, -0.15) is 0 Å². The molecule has 3 saturated heterocycles. The Morgan fingerprint density at radius 2 is 1.73 bits per heavy atom. The zero-order chi connectivity index (χ0) is 28.2. The van der Waals surface area contributed by atoms with Crippen molar-refractivity contribution in [1.82, 2.24) is 19.8 Å². The number of primary amides is 1. The lowest BCUT2D eigenvalue weighted by atomic mass is 10.0. The van der Waals surface area contributed by atoms with Gasteiger partial charge in [-0.25, -0.2) is 14.4 Å². The van der Waals surface area contributed by atoms with Gasteiger partial charge in [-0.05, 0) is 69.9 Å². The zero-order valence-electron chi connectivity index (χ0n) is 24.0. The fourth-order valence-corrected chi connectivity index (χ4v) is 5.92. The van der Waals surface area contributed by atoms with Crippen molar-refractivity contribution in [2.24, 2.45) is 5.73 Å². The molecule has 218 valence electrons. The van der Waals surface area contributed by atoms with Gasteiger partial charge in [-0.15, -0.1) is 0 Å². The number of piperazine rings is 1. The molecule has 1 aromatic heterocycles. The third kappa shape index (κ3) is 6.64. The largest absolute Gasteiger partial charge is 0.381 e. The highest BCUT2D eigenvalue weighted by atomic mass is 19.1. The first-order chi connectivity index (χ1) is 19.3. The first-order valence-electron chi connectivity index (χ1n) is 14.6. The third-order valence-electron chi connectivity index (χ3n) is 8.34. The van der Waals surface area contributed by atoms with Gasteiger partial charge in [0.25, 0.3) is 5.91 Å². The molecule has 0 unspecified atom stereocenters. The summed E-state index contributed by atoms with van der Waals surface area (Å²) in [6.45, 7) is 11.1. The van der Waals surface area contributed by atoms with Crippen LogP contribution in [0.4, 0.5) is 27.4 Å². The van der Waals surface area contributed by atoms with Gasteiger partial charge >= 0.3 is 0 Å². The summed E-state index contributed by atoms with van der Waals surface area (Å²) in [4.78, 5) is 28.7. The maximum absolute atomic E-state index is 15.4. The minimum atomic E-state index is -0.686. The van der Waals surface area contributed by atoms with E-state index in [2.05, 4.69) is 37.4 Å². The summed E-state index contributed by atoms with van der Waals surface area (Å²) in [7, 11) is 2.18. The van der Waals surface area contributed by atoms with Gasteiger partial charge in [-0.1, -0.05) is 13.8 Å². The third-order valence-corrected chi connectivity index (χ3v) is 8.34.